The van der Waals surface area contributed by atoms with Crippen LogP contribution in [0.15, 0.2) is 60.7 Å². The Bertz CT molecular complexity index is 1370. The summed E-state index contributed by atoms with van der Waals surface area (Å²) in [7, 11) is 0. The van der Waals surface area contributed by atoms with Crippen molar-refractivity contribution in [2.75, 3.05) is 25.2 Å². The topological polar surface area (TPSA) is 67.9 Å². The van der Waals surface area contributed by atoms with E-state index in [-0.39, 0.29) is 18.6 Å². The predicted molar refractivity (Wildman–Crippen MR) is 148 cm³/mol. The quantitative estimate of drug-likeness (QED) is 0.366. The van der Waals surface area contributed by atoms with Crippen LogP contribution in [0.1, 0.15) is 60.5 Å². The summed E-state index contributed by atoms with van der Waals surface area (Å²) in [5.41, 5.74) is 5.10. The highest BCUT2D eigenvalue weighted by atomic mass is 16.7. The van der Waals surface area contributed by atoms with Crippen LogP contribution in [-0.2, 0) is 10.2 Å². The van der Waals surface area contributed by atoms with E-state index in [1.165, 1.54) is 12.8 Å². The third-order valence-electron chi connectivity index (χ3n) is 8.00. The smallest absolute Gasteiger partial charge is 0.253 e. The number of aryl methyl sites for hydroxylation is 1. The zero-order valence-corrected chi connectivity index (χ0v) is 22.1. The van der Waals surface area contributed by atoms with E-state index >= 15 is 0 Å². The molecule has 1 aliphatic heterocycles. The molecule has 0 radical (unpaired) electrons. The largest absolute Gasteiger partial charge is 0.454 e. The van der Waals surface area contributed by atoms with Gasteiger partial charge in [0, 0.05) is 24.3 Å². The van der Waals surface area contributed by atoms with Gasteiger partial charge in [0.2, 0.25) is 12.7 Å². The minimum atomic E-state index is -0.529. The molecular formula is C32H34N2O4. The molecule has 2 fully saturated rings. The maximum Gasteiger partial charge on any atom is 0.253 e. The first-order chi connectivity index (χ1) is 18.5. The predicted octanol–water partition coefficient (Wildman–Crippen LogP) is 6.32. The van der Waals surface area contributed by atoms with Gasteiger partial charge in [-0.05, 0) is 104 Å². The number of hydrogen-bond donors (Lipinski definition) is 1. The zero-order valence-electron chi connectivity index (χ0n) is 22.1. The van der Waals surface area contributed by atoms with Gasteiger partial charge in [0.25, 0.3) is 5.91 Å². The van der Waals surface area contributed by atoms with Crippen LogP contribution in [0.5, 0.6) is 11.5 Å². The van der Waals surface area contributed by atoms with Gasteiger partial charge >= 0.3 is 0 Å². The second-order valence-corrected chi connectivity index (χ2v) is 10.9. The second kappa shape index (κ2) is 9.82. The number of fused-ring (bicyclic) bond motifs is 1. The number of anilines is 1. The third-order valence-corrected chi connectivity index (χ3v) is 8.00. The lowest BCUT2D eigenvalue weighted by atomic mass is 9.94. The number of carbonyl (C=O) groups is 2. The molecule has 6 heteroatoms. The molecule has 2 aliphatic carbocycles. The molecule has 0 unspecified atom stereocenters. The summed E-state index contributed by atoms with van der Waals surface area (Å²) in [6, 6.07) is 19.7. The van der Waals surface area contributed by atoms with Gasteiger partial charge in [0.05, 0.1) is 5.41 Å². The normalized spacial score (nSPS) is 16.7. The van der Waals surface area contributed by atoms with Crippen molar-refractivity contribution >= 4 is 17.5 Å². The van der Waals surface area contributed by atoms with Gasteiger partial charge in [-0.25, -0.2) is 0 Å². The number of hydrogen-bond acceptors (Lipinski definition) is 4. The minimum Gasteiger partial charge on any atom is -0.454 e. The standard InChI is InChI=1S/C32H34N2O4/c1-3-16-34(19-22-5-6-22)30(35)24-9-7-23(8-10-24)27-18-26(12-4-21(27)2)33-31(36)32(14-15-32)25-11-13-28-29(17-25)38-20-37-28/h4,7-13,17-18,22H,3,5-6,14-16,19-20H2,1-2H3,(H,33,36). The van der Waals surface area contributed by atoms with Gasteiger partial charge in [0.1, 0.15) is 0 Å². The molecule has 3 aromatic carbocycles. The van der Waals surface area contributed by atoms with Crippen LogP contribution >= 0.6 is 0 Å². The molecule has 6 rings (SSSR count). The number of amides is 2. The Morgan fingerprint density at radius 1 is 0.974 bits per heavy atom. The maximum atomic E-state index is 13.4. The van der Waals surface area contributed by atoms with E-state index < -0.39 is 5.41 Å². The third kappa shape index (κ3) is 4.75. The van der Waals surface area contributed by atoms with Crippen LogP contribution < -0.4 is 14.8 Å². The maximum absolute atomic E-state index is 13.4. The van der Waals surface area contributed by atoms with Gasteiger partial charge in [0.15, 0.2) is 11.5 Å². The molecule has 38 heavy (non-hydrogen) atoms. The summed E-state index contributed by atoms with van der Waals surface area (Å²) < 4.78 is 11.0. The van der Waals surface area contributed by atoms with Gasteiger partial charge in [-0.1, -0.05) is 31.2 Å². The van der Waals surface area contributed by atoms with Crippen molar-refractivity contribution in [3.05, 3.63) is 77.4 Å². The Labute approximate surface area is 223 Å². The number of nitrogens with one attached hydrogen (secondary N) is 1. The second-order valence-electron chi connectivity index (χ2n) is 10.9. The fourth-order valence-electron chi connectivity index (χ4n) is 5.36. The summed E-state index contributed by atoms with van der Waals surface area (Å²) in [6.07, 6.45) is 5.04. The molecule has 196 valence electrons. The summed E-state index contributed by atoms with van der Waals surface area (Å²) in [6.45, 7) is 6.06. The number of rotatable bonds is 9. The number of nitrogens with zero attached hydrogens (tertiary/aromatic N) is 1. The van der Waals surface area contributed by atoms with E-state index in [1.54, 1.807) is 0 Å². The first kappa shape index (κ1) is 24.5. The fraction of sp³-hybridized carbons (Fsp3) is 0.375. The Kier molecular flexibility index (Phi) is 6.34. The average Bonchev–Trinajstić information content (AvgIpc) is 3.87. The molecule has 0 aromatic heterocycles. The average molecular weight is 511 g/mol. The van der Waals surface area contributed by atoms with Crippen LogP contribution in [0.25, 0.3) is 11.1 Å². The van der Waals surface area contributed by atoms with Gasteiger partial charge in [-0.3, -0.25) is 9.59 Å². The first-order valence-electron chi connectivity index (χ1n) is 13.7. The molecule has 1 N–H and O–H groups in total. The van der Waals surface area contributed by atoms with Crippen LogP contribution in [0.4, 0.5) is 5.69 Å². The van der Waals surface area contributed by atoms with Gasteiger partial charge in [-0.2, -0.15) is 0 Å². The molecule has 3 aromatic rings. The van der Waals surface area contributed by atoms with Crippen molar-refractivity contribution < 1.29 is 19.1 Å². The molecule has 3 aliphatic rings. The van der Waals surface area contributed by atoms with Crippen molar-refractivity contribution in [1.82, 2.24) is 4.90 Å². The van der Waals surface area contributed by atoms with E-state index in [1.807, 2.05) is 65.6 Å². The monoisotopic (exact) mass is 510 g/mol. The molecule has 0 spiro atoms. The van der Waals surface area contributed by atoms with E-state index in [4.69, 9.17) is 9.47 Å². The van der Waals surface area contributed by atoms with Crippen LogP contribution in [0.2, 0.25) is 0 Å². The Morgan fingerprint density at radius 2 is 1.74 bits per heavy atom. The van der Waals surface area contributed by atoms with Crippen molar-refractivity contribution in [3.8, 4) is 22.6 Å². The highest BCUT2D eigenvalue weighted by molar-refractivity contribution is 6.02. The van der Waals surface area contributed by atoms with Crippen LogP contribution in [0, 0.1) is 12.8 Å². The Morgan fingerprint density at radius 3 is 2.45 bits per heavy atom. The van der Waals surface area contributed by atoms with Crippen molar-refractivity contribution in [2.24, 2.45) is 5.92 Å². The minimum absolute atomic E-state index is 0.00112. The highest BCUT2D eigenvalue weighted by Crippen LogP contribution is 2.51. The van der Waals surface area contributed by atoms with E-state index in [2.05, 4.69) is 19.2 Å². The highest BCUT2D eigenvalue weighted by Gasteiger charge is 2.51. The van der Waals surface area contributed by atoms with Crippen molar-refractivity contribution in [3.63, 3.8) is 0 Å². The molecule has 1 heterocycles. The number of carbonyl (C=O) groups excluding carboxylic acids is 2. The Hall–Kier alpha value is -3.80. The summed E-state index contributed by atoms with van der Waals surface area (Å²) in [5, 5.41) is 3.16. The zero-order chi connectivity index (χ0) is 26.3. The molecule has 0 bridgehead atoms. The van der Waals surface area contributed by atoms with E-state index in [9.17, 15) is 9.59 Å². The van der Waals surface area contributed by atoms with Crippen LogP contribution in [0.3, 0.4) is 0 Å². The lowest BCUT2D eigenvalue weighted by Crippen LogP contribution is -2.33. The summed E-state index contributed by atoms with van der Waals surface area (Å²) >= 11 is 0. The lowest BCUT2D eigenvalue weighted by Gasteiger charge is -2.22. The molecule has 6 nitrogen and oxygen atoms in total. The molecule has 2 saturated carbocycles. The number of ether oxygens (including phenoxy) is 2. The Balaban J connectivity index is 1.18. The lowest BCUT2D eigenvalue weighted by molar-refractivity contribution is -0.118. The van der Waals surface area contributed by atoms with E-state index in [0.717, 1.165) is 71.6 Å². The van der Waals surface area contributed by atoms with Crippen molar-refractivity contribution in [1.29, 1.82) is 0 Å². The molecule has 0 atom stereocenters. The van der Waals surface area contributed by atoms with Gasteiger partial charge < -0.3 is 19.7 Å². The SMILES string of the molecule is CCCN(CC1CC1)C(=O)c1ccc(-c2cc(NC(=O)C3(c4ccc5c(c4)OCO5)CC3)ccc2C)cc1. The number of benzene rings is 3. The molecule has 0 saturated heterocycles. The summed E-state index contributed by atoms with van der Waals surface area (Å²) in [5.74, 6) is 2.21. The molecular weight excluding hydrogens is 476 g/mol. The fourth-order valence-corrected chi connectivity index (χ4v) is 5.36. The van der Waals surface area contributed by atoms with Gasteiger partial charge in [-0.15, -0.1) is 0 Å². The summed E-state index contributed by atoms with van der Waals surface area (Å²) in [4.78, 5) is 28.6. The van der Waals surface area contributed by atoms with Crippen molar-refractivity contribution in [2.45, 2.75) is 51.4 Å². The first-order valence-corrected chi connectivity index (χ1v) is 13.7. The van der Waals surface area contributed by atoms with E-state index in [0.29, 0.717) is 11.7 Å². The van der Waals surface area contributed by atoms with Crippen LogP contribution in [-0.4, -0.2) is 36.6 Å². The molecule has 2 amide bonds.